The average Bonchev–Trinajstić information content (AvgIpc) is 2.61. The number of carbonyl (C=O) groups is 1. The quantitative estimate of drug-likeness (QED) is 0.888. The number of carboxylic acid groups (broad SMARTS) is 1. The molecule has 0 saturated carbocycles. The van der Waals surface area contributed by atoms with E-state index in [4.69, 9.17) is 16.7 Å². The van der Waals surface area contributed by atoms with E-state index in [2.05, 4.69) is 16.8 Å². The Morgan fingerprint density at radius 3 is 2.94 bits per heavy atom. The monoisotopic (exact) mass is 260 g/mol. The molecular weight excluding hydrogens is 248 g/mol. The Morgan fingerprint density at radius 2 is 2.38 bits per heavy atom. The predicted octanol–water partition coefficient (Wildman–Crippen LogP) is 2.87. The molecule has 1 fully saturated rings. The molecule has 1 atom stereocenters. The van der Waals surface area contributed by atoms with Crippen LogP contribution in [0.3, 0.4) is 0 Å². The van der Waals surface area contributed by atoms with Gasteiger partial charge in [-0.05, 0) is 26.2 Å². The fourth-order valence-corrected chi connectivity index (χ4v) is 3.18. The van der Waals surface area contributed by atoms with Crippen LogP contribution in [0.15, 0.2) is 0 Å². The molecule has 2 rings (SSSR count). The van der Waals surface area contributed by atoms with Crippen molar-refractivity contribution in [2.45, 2.75) is 32.2 Å². The zero-order chi connectivity index (χ0) is 11.7. The largest absolute Gasteiger partial charge is 0.477 e. The smallest absolute Gasteiger partial charge is 0.349 e. The van der Waals surface area contributed by atoms with Crippen molar-refractivity contribution in [1.29, 1.82) is 0 Å². The van der Waals surface area contributed by atoms with Crippen molar-refractivity contribution < 1.29 is 9.90 Å². The number of aromatic carboxylic acids is 1. The number of carboxylic acids is 1. The molecule has 0 aliphatic carbocycles. The lowest BCUT2D eigenvalue weighted by Gasteiger charge is -2.32. The van der Waals surface area contributed by atoms with Crippen LogP contribution >= 0.6 is 22.9 Å². The number of halogens is 1. The van der Waals surface area contributed by atoms with E-state index in [0.29, 0.717) is 6.04 Å². The van der Waals surface area contributed by atoms with Crippen LogP contribution in [0.5, 0.6) is 0 Å². The van der Waals surface area contributed by atoms with Crippen molar-refractivity contribution in [1.82, 2.24) is 4.98 Å². The minimum Gasteiger partial charge on any atom is -0.477 e. The van der Waals surface area contributed by atoms with E-state index in [1.165, 1.54) is 6.42 Å². The third-order valence-electron chi connectivity index (χ3n) is 2.82. The summed E-state index contributed by atoms with van der Waals surface area (Å²) < 4.78 is 0. The van der Waals surface area contributed by atoms with Gasteiger partial charge in [-0.25, -0.2) is 9.78 Å². The van der Waals surface area contributed by atoms with Crippen LogP contribution in [0.25, 0.3) is 0 Å². The van der Waals surface area contributed by atoms with Crippen molar-refractivity contribution in [3.8, 4) is 0 Å². The summed E-state index contributed by atoms with van der Waals surface area (Å²) in [7, 11) is 0. The maximum atomic E-state index is 10.9. The Labute approximate surface area is 103 Å². The number of anilines is 1. The fourth-order valence-electron chi connectivity index (χ4n) is 1.93. The highest BCUT2D eigenvalue weighted by Crippen LogP contribution is 2.33. The van der Waals surface area contributed by atoms with Crippen LogP contribution in [0.4, 0.5) is 5.13 Å². The Morgan fingerprint density at radius 1 is 1.62 bits per heavy atom. The lowest BCUT2D eigenvalue weighted by Crippen LogP contribution is -2.37. The lowest BCUT2D eigenvalue weighted by molar-refractivity contribution is 0.0702. The normalized spacial score (nSPS) is 21.1. The van der Waals surface area contributed by atoms with Gasteiger partial charge in [-0.15, -0.1) is 0 Å². The summed E-state index contributed by atoms with van der Waals surface area (Å²) in [6, 6.07) is 0.414. The standard InChI is InChI=1S/C10H13ClN2O2S/c1-6-4-2-3-5-13(6)10-12-8(11)7(16-10)9(14)15/h6H,2-5H2,1H3,(H,14,15). The van der Waals surface area contributed by atoms with E-state index in [9.17, 15) is 4.79 Å². The van der Waals surface area contributed by atoms with Gasteiger partial charge in [0.15, 0.2) is 15.2 Å². The maximum Gasteiger partial charge on any atom is 0.349 e. The first-order chi connectivity index (χ1) is 7.59. The molecular formula is C10H13ClN2O2S. The van der Waals surface area contributed by atoms with Crippen LogP contribution in [0, 0.1) is 0 Å². The highest BCUT2D eigenvalue weighted by molar-refractivity contribution is 7.18. The first kappa shape index (κ1) is 11.7. The Balaban J connectivity index is 2.26. The molecule has 1 saturated heterocycles. The van der Waals surface area contributed by atoms with Gasteiger partial charge in [0.25, 0.3) is 0 Å². The van der Waals surface area contributed by atoms with Crippen molar-refractivity contribution >= 4 is 34.0 Å². The molecule has 1 aromatic heterocycles. The van der Waals surface area contributed by atoms with E-state index < -0.39 is 5.97 Å². The van der Waals surface area contributed by atoms with E-state index in [0.717, 1.165) is 35.9 Å². The van der Waals surface area contributed by atoms with Gasteiger partial charge in [-0.3, -0.25) is 0 Å². The molecule has 0 amide bonds. The number of nitrogens with zero attached hydrogens (tertiary/aromatic N) is 2. The van der Waals surface area contributed by atoms with Crippen molar-refractivity contribution in [2.24, 2.45) is 0 Å². The highest BCUT2D eigenvalue weighted by Gasteiger charge is 2.24. The average molecular weight is 261 g/mol. The highest BCUT2D eigenvalue weighted by atomic mass is 35.5. The summed E-state index contributed by atoms with van der Waals surface area (Å²) in [4.78, 5) is 17.3. The van der Waals surface area contributed by atoms with E-state index >= 15 is 0 Å². The lowest BCUT2D eigenvalue weighted by atomic mass is 10.1. The minimum absolute atomic E-state index is 0.102. The van der Waals surface area contributed by atoms with Crippen LogP contribution < -0.4 is 4.90 Å². The summed E-state index contributed by atoms with van der Waals surface area (Å²) in [5.74, 6) is -1.00. The summed E-state index contributed by atoms with van der Waals surface area (Å²) >= 11 is 6.96. The van der Waals surface area contributed by atoms with Gasteiger partial charge in [-0.2, -0.15) is 0 Å². The molecule has 0 radical (unpaired) electrons. The number of rotatable bonds is 2. The third-order valence-corrected chi connectivity index (χ3v) is 4.28. The number of hydrogen-bond donors (Lipinski definition) is 1. The second-order valence-electron chi connectivity index (χ2n) is 3.96. The second-order valence-corrected chi connectivity index (χ2v) is 5.30. The minimum atomic E-state index is -1.00. The van der Waals surface area contributed by atoms with E-state index in [1.54, 1.807) is 0 Å². The van der Waals surface area contributed by atoms with Crippen molar-refractivity contribution in [3.63, 3.8) is 0 Å². The topological polar surface area (TPSA) is 53.4 Å². The summed E-state index contributed by atoms with van der Waals surface area (Å²) in [5, 5.41) is 9.74. The molecule has 1 aliphatic heterocycles. The zero-order valence-electron chi connectivity index (χ0n) is 8.94. The molecule has 0 aromatic carbocycles. The Hall–Kier alpha value is -0.810. The van der Waals surface area contributed by atoms with E-state index in [-0.39, 0.29) is 10.0 Å². The van der Waals surface area contributed by atoms with Gasteiger partial charge in [-0.1, -0.05) is 22.9 Å². The molecule has 1 unspecified atom stereocenters. The van der Waals surface area contributed by atoms with Crippen LogP contribution in [0.2, 0.25) is 5.15 Å². The van der Waals surface area contributed by atoms with Gasteiger partial charge in [0.2, 0.25) is 0 Å². The molecule has 1 aromatic rings. The molecule has 4 nitrogen and oxygen atoms in total. The van der Waals surface area contributed by atoms with Gasteiger partial charge in [0.1, 0.15) is 0 Å². The SMILES string of the molecule is CC1CCCCN1c1nc(Cl)c(C(=O)O)s1. The molecule has 0 spiro atoms. The van der Waals surface area contributed by atoms with Crippen molar-refractivity contribution in [2.75, 3.05) is 11.4 Å². The molecule has 88 valence electrons. The molecule has 1 N–H and O–H groups in total. The van der Waals surface area contributed by atoms with Crippen molar-refractivity contribution in [3.05, 3.63) is 10.0 Å². The Kier molecular flexibility index (Phi) is 3.35. The van der Waals surface area contributed by atoms with Crippen LogP contribution in [-0.4, -0.2) is 28.6 Å². The van der Waals surface area contributed by atoms with E-state index in [1.807, 2.05) is 0 Å². The van der Waals surface area contributed by atoms with Crippen LogP contribution in [0.1, 0.15) is 35.9 Å². The molecule has 0 bridgehead atoms. The molecule has 2 heterocycles. The Bertz CT molecular complexity index is 408. The van der Waals surface area contributed by atoms with Gasteiger partial charge >= 0.3 is 5.97 Å². The molecule has 1 aliphatic rings. The number of aromatic nitrogens is 1. The number of thiazole rings is 1. The maximum absolute atomic E-state index is 10.9. The number of piperidine rings is 1. The summed E-state index contributed by atoms with van der Waals surface area (Å²) in [6.07, 6.45) is 3.48. The van der Waals surface area contributed by atoms with Gasteiger partial charge in [0.05, 0.1) is 0 Å². The molecule has 6 heteroatoms. The fraction of sp³-hybridized carbons (Fsp3) is 0.600. The summed E-state index contributed by atoms with van der Waals surface area (Å²) in [5.41, 5.74) is 0. The van der Waals surface area contributed by atoms with Gasteiger partial charge in [0, 0.05) is 12.6 Å². The zero-order valence-corrected chi connectivity index (χ0v) is 10.5. The first-order valence-electron chi connectivity index (χ1n) is 5.26. The predicted molar refractivity (Wildman–Crippen MR) is 64.7 cm³/mol. The summed E-state index contributed by atoms with van der Waals surface area (Å²) in [6.45, 7) is 3.07. The third kappa shape index (κ3) is 2.15. The second kappa shape index (κ2) is 4.59. The molecule has 16 heavy (non-hydrogen) atoms. The van der Waals surface area contributed by atoms with Crippen LogP contribution in [-0.2, 0) is 0 Å². The first-order valence-corrected chi connectivity index (χ1v) is 6.45. The number of hydrogen-bond acceptors (Lipinski definition) is 4. The van der Waals surface area contributed by atoms with Gasteiger partial charge < -0.3 is 10.0 Å².